The first-order valence-corrected chi connectivity index (χ1v) is 5.29. The first-order valence-electron chi connectivity index (χ1n) is 5.29. The lowest BCUT2D eigenvalue weighted by atomic mass is 10.2. The molecule has 2 rings (SSSR count). The van der Waals surface area contributed by atoms with Crippen LogP contribution in [0, 0.1) is 0 Å². The van der Waals surface area contributed by atoms with E-state index in [4.69, 9.17) is 20.7 Å². The Bertz CT molecular complexity index is 297. The van der Waals surface area contributed by atoms with E-state index >= 15 is 0 Å². The van der Waals surface area contributed by atoms with Gasteiger partial charge in [0, 0.05) is 7.11 Å². The summed E-state index contributed by atoms with van der Waals surface area (Å²) in [6, 6.07) is -0.300. The molecule has 5 N–H and O–H groups in total. The van der Waals surface area contributed by atoms with Crippen LogP contribution in [0.25, 0.3) is 0 Å². The summed E-state index contributed by atoms with van der Waals surface area (Å²) in [5.74, 6) is 0.132. The van der Waals surface area contributed by atoms with Crippen molar-refractivity contribution in [1.29, 1.82) is 0 Å². The minimum absolute atomic E-state index is 0.0165. The molecule has 0 bridgehead atoms. The largest absolute Gasteiger partial charge is 0.400 e. The maximum atomic E-state index is 11.5. The Morgan fingerprint density at radius 2 is 2.29 bits per heavy atom. The van der Waals surface area contributed by atoms with Gasteiger partial charge in [0.15, 0.2) is 5.96 Å². The fraction of sp³-hybridized carbons (Fsp3) is 0.778. The Labute approximate surface area is 99.1 Å². The lowest BCUT2D eigenvalue weighted by molar-refractivity contribution is -0.0499. The zero-order valence-electron chi connectivity index (χ0n) is 9.67. The number of hydrogen-bond donors (Lipinski definition) is 4. The highest BCUT2D eigenvalue weighted by Crippen LogP contribution is 2.22. The summed E-state index contributed by atoms with van der Waals surface area (Å²) in [5, 5.41) is 18.3. The molecule has 98 valence electrons. The van der Waals surface area contributed by atoms with Gasteiger partial charge in [0.2, 0.25) is 0 Å². The summed E-state index contributed by atoms with van der Waals surface area (Å²) in [6.07, 6.45) is 0.989. The highest BCUT2D eigenvalue weighted by atomic mass is 16.5. The van der Waals surface area contributed by atoms with Crippen molar-refractivity contribution >= 4 is 12.0 Å². The quantitative estimate of drug-likeness (QED) is 0.467. The molecule has 0 spiro atoms. The van der Waals surface area contributed by atoms with Crippen LogP contribution < -0.4 is 11.1 Å². The first kappa shape index (κ1) is 13.7. The van der Waals surface area contributed by atoms with Gasteiger partial charge in [-0.25, -0.2) is 9.79 Å². The zero-order valence-corrected chi connectivity index (χ0v) is 9.67. The number of aliphatic hydroxyl groups is 2. The third-order valence-electron chi connectivity index (χ3n) is 2.53. The van der Waals surface area contributed by atoms with Gasteiger partial charge in [0.25, 0.3) is 0 Å². The van der Waals surface area contributed by atoms with E-state index in [-0.39, 0.29) is 37.6 Å². The molecule has 0 aromatic rings. The molecule has 17 heavy (non-hydrogen) atoms. The van der Waals surface area contributed by atoms with E-state index in [2.05, 4.69) is 10.3 Å². The second-order valence-corrected chi connectivity index (χ2v) is 3.56. The van der Waals surface area contributed by atoms with Crippen molar-refractivity contribution in [3.8, 4) is 0 Å². The van der Waals surface area contributed by atoms with E-state index in [1.54, 1.807) is 0 Å². The van der Waals surface area contributed by atoms with Crippen molar-refractivity contribution in [3.63, 3.8) is 0 Å². The van der Waals surface area contributed by atoms with Gasteiger partial charge >= 0.3 is 6.03 Å². The van der Waals surface area contributed by atoms with E-state index in [1.165, 1.54) is 4.90 Å². The summed E-state index contributed by atoms with van der Waals surface area (Å²) >= 11 is 0. The van der Waals surface area contributed by atoms with Gasteiger partial charge in [0.1, 0.15) is 12.9 Å². The minimum Gasteiger partial charge on any atom is -0.400 e. The number of nitrogens with one attached hydrogen (secondary N) is 1. The Kier molecular flexibility index (Phi) is 5.13. The number of aliphatic hydroxyl groups excluding tert-OH is 2. The highest BCUT2D eigenvalue weighted by molar-refractivity contribution is 5.96. The van der Waals surface area contributed by atoms with Crippen LogP contribution in [0.4, 0.5) is 4.79 Å². The molecule has 2 atom stereocenters. The van der Waals surface area contributed by atoms with Crippen LogP contribution in [-0.4, -0.2) is 59.8 Å². The molecule has 2 aliphatic rings. The maximum Gasteiger partial charge on any atom is 0.327 e. The van der Waals surface area contributed by atoms with Crippen molar-refractivity contribution in [2.45, 2.75) is 25.2 Å². The summed E-state index contributed by atoms with van der Waals surface area (Å²) in [7, 11) is 1.00. The van der Waals surface area contributed by atoms with Crippen LogP contribution in [0.15, 0.2) is 4.99 Å². The van der Waals surface area contributed by atoms with Crippen LogP contribution in [-0.2, 0) is 4.74 Å². The van der Waals surface area contributed by atoms with Gasteiger partial charge < -0.3 is 20.7 Å². The Hall–Kier alpha value is -1.38. The second kappa shape index (κ2) is 6.38. The standard InChI is InChI=1S/C8H14N4O3.CH4O/c9-7-10-4-12(8(14)11-7)6-2-1-5(3-13)15-6;1-2/h5-6,13H,1-4H2,(H3,9,10,11,14);2H,1H3. The molecule has 8 nitrogen and oxygen atoms in total. The lowest BCUT2D eigenvalue weighted by Gasteiger charge is -2.29. The van der Waals surface area contributed by atoms with Gasteiger partial charge in [-0.3, -0.25) is 10.2 Å². The van der Waals surface area contributed by atoms with Crippen molar-refractivity contribution < 1.29 is 19.7 Å². The number of carbonyl (C=O) groups is 1. The summed E-state index contributed by atoms with van der Waals surface area (Å²) in [4.78, 5) is 16.9. The lowest BCUT2D eigenvalue weighted by Crippen LogP contribution is -2.54. The number of aliphatic imine (C=N–C) groups is 1. The van der Waals surface area contributed by atoms with Gasteiger partial charge in [-0.1, -0.05) is 0 Å². The number of hydrogen-bond acceptors (Lipinski definition) is 6. The number of urea groups is 1. The van der Waals surface area contributed by atoms with Crippen LogP contribution in [0.5, 0.6) is 0 Å². The monoisotopic (exact) mass is 246 g/mol. The third-order valence-corrected chi connectivity index (χ3v) is 2.53. The number of carbonyl (C=O) groups excluding carboxylic acids is 1. The smallest absolute Gasteiger partial charge is 0.327 e. The minimum atomic E-state index is -0.306. The van der Waals surface area contributed by atoms with E-state index in [1.807, 2.05) is 0 Å². The Morgan fingerprint density at radius 1 is 1.59 bits per heavy atom. The number of amides is 2. The first-order chi connectivity index (χ1) is 8.20. The molecule has 2 unspecified atom stereocenters. The van der Waals surface area contributed by atoms with Gasteiger partial charge in [-0.2, -0.15) is 0 Å². The number of guanidine groups is 1. The molecule has 2 amide bonds. The molecular formula is C9H18N4O4. The SMILES string of the molecule is CO.NC1=NCN(C2CCC(CO)O2)C(=O)N1. The highest BCUT2D eigenvalue weighted by Gasteiger charge is 2.33. The number of nitrogens with two attached hydrogens (primary N) is 1. The summed E-state index contributed by atoms with van der Waals surface area (Å²) in [5.41, 5.74) is 5.35. The average Bonchev–Trinajstić information content (AvgIpc) is 2.80. The maximum absolute atomic E-state index is 11.5. The second-order valence-electron chi connectivity index (χ2n) is 3.56. The fourth-order valence-electron chi connectivity index (χ4n) is 1.71. The van der Waals surface area contributed by atoms with Crippen LogP contribution in [0.3, 0.4) is 0 Å². The van der Waals surface area contributed by atoms with Gasteiger partial charge in [-0.05, 0) is 12.8 Å². The number of ether oxygens (including phenoxy) is 1. The number of nitrogens with zero attached hydrogens (tertiary/aromatic N) is 2. The Morgan fingerprint density at radius 3 is 2.82 bits per heavy atom. The summed E-state index contributed by atoms with van der Waals surface area (Å²) < 4.78 is 5.46. The van der Waals surface area contributed by atoms with Gasteiger partial charge in [0.05, 0.1) is 12.7 Å². The predicted molar refractivity (Wildman–Crippen MR) is 60.0 cm³/mol. The van der Waals surface area contributed by atoms with E-state index in [9.17, 15) is 4.79 Å². The molecule has 0 aromatic heterocycles. The molecule has 0 aromatic carbocycles. The molecular weight excluding hydrogens is 228 g/mol. The van der Waals surface area contributed by atoms with Crippen LogP contribution in [0.1, 0.15) is 12.8 Å². The van der Waals surface area contributed by atoms with Crippen molar-refractivity contribution in [1.82, 2.24) is 10.2 Å². The Balaban J connectivity index is 0.000000686. The van der Waals surface area contributed by atoms with Crippen molar-refractivity contribution in [2.75, 3.05) is 20.4 Å². The predicted octanol–water partition coefficient (Wildman–Crippen LogP) is -1.61. The summed E-state index contributed by atoms with van der Waals surface area (Å²) in [6.45, 7) is 0.192. The molecule has 0 aliphatic carbocycles. The van der Waals surface area contributed by atoms with Gasteiger partial charge in [-0.15, -0.1) is 0 Å². The normalized spacial score (nSPS) is 28.1. The van der Waals surface area contributed by atoms with E-state index in [0.717, 1.165) is 13.5 Å². The zero-order chi connectivity index (χ0) is 12.8. The van der Waals surface area contributed by atoms with Crippen LogP contribution in [0.2, 0.25) is 0 Å². The van der Waals surface area contributed by atoms with E-state index in [0.29, 0.717) is 6.42 Å². The molecule has 2 aliphatic heterocycles. The number of rotatable bonds is 2. The van der Waals surface area contributed by atoms with Crippen molar-refractivity contribution in [2.24, 2.45) is 10.7 Å². The van der Waals surface area contributed by atoms with E-state index < -0.39 is 0 Å². The molecule has 8 heteroatoms. The van der Waals surface area contributed by atoms with Crippen molar-refractivity contribution in [3.05, 3.63) is 0 Å². The molecule has 0 radical (unpaired) electrons. The van der Waals surface area contributed by atoms with Crippen LogP contribution >= 0.6 is 0 Å². The molecule has 1 fully saturated rings. The fourth-order valence-corrected chi connectivity index (χ4v) is 1.71. The molecule has 1 saturated heterocycles. The molecule has 0 saturated carbocycles. The average molecular weight is 246 g/mol. The topological polar surface area (TPSA) is 120 Å². The molecule has 2 heterocycles. The third kappa shape index (κ3) is 3.29.